The molecule has 25 heavy (non-hydrogen) atoms. The molecule has 0 aliphatic heterocycles. The lowest BCUT2D eigenvalue weighted by Gasteiger charge is -2.17. The molecule has 0 amide bonds. The highest BCUT2D eigenvalue weighted by Crippen LogP contribution is 2.29. The summed E-state index contributed by atoms with van der Waals surface area (Å²) in [4.78, 5) is 1.64. The number of nitrogens with zero attached hydrogens (tertiary/aromatic N) is 4. The molecular formula is C20H15BrN4. The molecule has 4 aromatic rings. The van der Waals surface area contributed by atoms with E-state index < -0.39 is 0 Å². The van der Waals surface area contributed by atoms with Gasteiger partial charge in [0, 0.05) is 4.47 Å². The SMILES string of the molecule is Brc1cccc(C(c2ccc(-c3ccccc3)cc2)n2ncnn2)c1. The second-order valence-electron chi connectivity index (χ2n) is 5.70. The first-order valence-electron chi connectivity index (χ1n) is 7.94. The lowest BCUT2D eigenvalue weighted by atomic mass is 9.96. The smallest absolute Gasteiger partial charge is 0.152 e. The van der Waals surface area contributed by atoms with Crippen LogP contribution in [0, 0.1) is 0 Å². The third kappa shape index (κ3) is 3.37. The van der Waals surface area contributed by atoms with Crippen molar-refractivity contribution in [2.75, 3.05) is 0 Å². The molecule has 0 bridgehead atoms. The molecule has 122 valence electrons. The third-order valence-electron chi connectivity index (χ3n) is 4.09. The fourth-order valence-corrected chi connectivity index (χ4v) is 3.33. The van der Waals surface area contributed by atoms with E-state index in [0.717, 1.165) is 15.6 Å². The molecule has 0 aliphatic rings. The number of rotatable bonds is 4. The standard InChI is InChI=1S/C20H15BrN4/c21-19-8-4-7-18(13-19)20(25-23-14-22-24-25)17-11-9-16(10-12-17)15-5-2-1-3-6-15/h1-14,20H. The Hall–Kier alpha value is -2.79. The van der Waals surface area contributed by atoms with Crippen LogP contribution in [-0.2, 0) is 0 Å². The summed E-state index contributed by atoms with van der Waals surface area (Å²) in [6.45, 7) is 0. The zero-order valence-electron chi connectivity index (χ0n) is 13.3. The van der Waals surface area contributed by atoms with Crippen molar-refractivity contribution in [3.05, 3.63) is 101 Å². The maximum atomic E-state index is 4.26. The maximum absolute atomic E-state index is 4.26. The van der Waals surface area contributed by atoms with Crippen molar-refractivity contribution in [3.8, 4) is 11.1 Å². The lowest BCUT2D eigenvalue weighted by Crippen LogP contribution is -2.15. The van der Waals surface area contributed by atoms with Crippen molar-refractivity contribution >= 4 is 15.9 Å². The molecule has 1 unspecified atom stereocenters. The van der Waals surface area contributed by atoms with Crippen molar-refractivity contribution in [3.63, 3.8) is 0 Å². The second-order valence-corrected chi connectivity index (χ2v) is 6.62. The molecule has 1 heterocycles. The van der Waals surface area contributed by atoms with Crippen LogP contribution in [0.1, 0.15) is 17.2 Å². The van der Waals surface area contributed by atoms with Crippen LogP contribution in [0.5, 0.6) is 0 Å². The summed E-state index contributed by atoms with van der Waals surface area (Å²) in [5, 5.41) is 12.3. The summed E-state index contributed by atoms with van der Waals surface area (Å²) < 4.78 is 1.02. The van der Waals surface area contributed by atoms with Crippen molar-refractivity contribution in [1.29, 1.82) is 0 Å². The van der Waals surface area contributed by atoms with Gasteiger partial charge in [0.2, 0.25) is 0 Å². The molecule has 4 rings (SSSR count). The molecule has 0 radical (unpaired) electrons. The minimum absolute atomic E-state index is 0.121. The minimum Gasteiger partial charge on any atom is -0.152 e. The van der Waals surface area contributed by atoms with E-state index >= 15 is 0 Å². The molecule has 1 atom stereocenters. The Morgan fingerprint density at radius 2 is 1.52 bits per heavy atom. The largest absolute Gasteiger partial charge is 0.162 e. The van der Waals surface area contributed by atoms with E-state index in [1.165, 1.54) is 17.5 Å². The number of hydrogen-bond acceptors (Lipinski definition) is 3. The highest BCUT2D eigenvalue weighted by molar-refractivity contribution is 9.10. The van der Waals surface area contributed by atoms with Gasteiger partial charge in [0.05, 0.1) is 0 Å². The van der Waals surface area contributed by atoms with Gasteiger partial charge >= 0.3 is 0 Å². The molecular weight excluding hydrogens is 376 g/mol. The Morgan fingerprint density at radius 1 is 0.760 bits per heavy atom. The summed E-state index contributed by atoms with van der Waals surface area (Å²) in [7, 11) is 0. The fourth-order valence-electron chi connectivity index (χ4n) is 2.92. The van der Waals surface area contributed by atoms with Crippen LogP contribution in [0.15, 0.2) is 89.7 Å². The zero-order chi connectivity index (χ0) is 17.1. The van der Waals surface area contributed by atoms with Gasteiger partial charge in [-0.25, -0.2) is 0 Å². The fraction of sp³-hybridized carbons (Fsp3) is 0.0500. The number of hydrogen-bond donors (Lipinski definition) is 0. The van der Waals surface area contributed by atoms with E-state index in [1.54, 1.807) is 4.80 Å². The van der Waals surface area contributed by atoms with Crippen molar-refractivity contribution < 1.29 is 0 Å². The zero-order valence-corrected chi connectivity index (χ0v) is 14.9. The number of tetrazole rings is 1. The summed E-state index contributed by atoms with van der Waals surface area (Å²) in [5.74, 6) is 0. The molecule has 1 aromatic heterocycles. The second kappa shape index (κ2) is 6.99. The van der Waals surface area contributed by atoms with E-state index in [0.29, 0.717) is 0 Å². The van der Waals surface area contributed by atoms with Gasteiger partial charge in [-0.3, -0.25) is 0 Å². The Balaban J connectivity index is 1.75. The summed E-state index contributed by atoms with van der Waals surface area (Å²) in [6, 6.07) is 26.9. The molecule has 0 fully saturated rings. The van der Waals surface area contributed by atoms with Gasteiger partial charge in [0.25, 0.3) is 0 Å². The average molecular weight is 391 g/mol. The topological polar surface area (TPSA) is 43.6 Å². The first-order valence-corrected chi connectivity index (χ1v) is 8.74. The third-order valence-corrected chi connectivity index (χ3v) is 4.59. The molecule has 4 nitrogen and oxygen atoms in total. The van der Waals surface area contributed by atoms with Crippen molar-refractivity contribution in [1.82, 2.24) is 20.2 Å². The predicted octanol–water partition coefficient (Wildman–Crippen LogP) is 4.74. The highest BCUT2D eigenvalue weighted by Gasteiger charge is 2.18. The van der Waals surface area contributed by atoms with E-state index in [-0.39, 0.29) is 6.04 Å². The van der Waals surface area contributed by atoms with Gasteiger partial charge in [0.15, 0.2) is 6.33 Å². The van der Waals surface area contributed by atoms with Gasteiger partial charge in [-0.1, -0.05) is 82.7 Å². The van der Waals surface area contributed by atoms with Crippen LogP contribution in [-0.4, -0.2) is 20.2 Å². The van der Waals surface area contributed by atoms with Gasteiger partial charge in [-0.15, -0.1) is 10.2 Å². The van der Waals surface area contributed by atoms with Gasteiger partial charge in [0.1, 0.15) is 6.04 Å². The van der Waals surface area contributed by atoms with E-state index in [2.05, 4.69) is 79.9 Å². The number of halogens is 1. The molecule has 0 N–H and O–H groups in total. The van der Waals surface area contributed by atoms with Crippen molar-refractivity contribution in [2.45, 2.75) is 6.04 Å². The lowest BCUT2D eigenvalue weighted by molar-refractivity contribution is 0.504. The summed E-state index contributed by atoms with van der Waals surface area (Å²) >= 11 is 3.54. The van der Waals surface area contributed by atoms with Crippen LogP contribution >= 0.6 is 15.9 Å². The Bertz CT molecular complexity index is 951. The van der Waals surface area contributed by atoms with Crippen LogP contribution in [0.4, 0.5) is 0 Å². The molecule has 0 aliphatic carbocycles. The Kier molecular flexibility index (Phi) is 4.39. The van der Waals surface area contributed by atoms with Crippen molar-refractivity contribution in [2.24, 2.45) is 0 Å². The molecule has 0 spiro atoms. The van der Waals surface area contributed by atoms with Crippen LogP contribution in [0.2, 0.25) is 0 Å². The predicted molar refractivity (Wildman–Crippen MR) is 101 cm³/mol. The van der Waals surface area contributed by atoms with Gasteiger partial charge < -0.3 is 0 Å². The van der Waals surface area contributed by atoms with Crippen LogP contribution < -0.4 is 0 Å². The average Bonchev–Trinajstić information content (AvgIpc) is 3.18. The monoisotopic (exact) mass is 390 g/mol. The molecule has 5 heteroatoms. The normalized spacial score (nSPS) is 12.0. The first kappa shape index (κ1) is 15.7. The summed E-state index contributed by atoms with van der Waals surface area (Å²) in [6.07, 6.45) is 1.46. The minimum atomic E-state index is -0.121. The van der Waals surface area contributed by atoms with Gasteiger partial charge in [-0.2, -0.15) is 4.80 Å². The van der Waals surface area contributed by atoms with Gasteiger partial charge in [-0.05, 0) is 39.6 Å². The van der Waals surface area contributed by atoms with E-state index in [9.17, 15) is 0 Å². The quantitative estimate of drug-likeness (QED) is 0.505. The molecule has 3 aromatic carbocycles. The number of benzene rings is 3. The summed E-state index contributed by atoms with van der Waals surface area (Å²) in [5.41, 5.74) is 4.59. The highest BCUT2D eigenvalue weighted by atomic mass is 79.9. The first-order chi connectivity index (χ1) is 12.3. The number of aromatic nitrogens is 4. The Labute approximate surface area is 154 Å². The van der Waals surface area contributed by atoms with Crippen LogP contribution in [0.3, 0.4) is 0 Å². The maximum Gasteiger partial charge on any atom is 0.162 e. The molecule has 0 saturated carbocycles. The van der Waals surface area contributed by atoms with E-state index in [4.69, 9.17) is 0 Å². The van der Waals surface area contributed by atoms with E-state index in [1.807, 2.05) is 30.3 Å². The van der Waals surface area contributed by atoms with Crippen LogP contribution in [0.25, 0.3) is 11.1 Å². The Morgan fingerprint density at radius 3 is 2.20 bits per heavy atom. The molecule has 0 saturated heterocycles.